The highest BCUT2D eigenvalue weighted by molar-refractivity contribution is 7.80. The Hall–Kier alpha value is -3.12. The number of hydrogen-bond donors (Lipinski definition) is 7. The average molecular weight is 468 g/mol. The number of rotatable bonds is 13. The molecule has 0 aromatic heterocycles. The monoisotopic (exact) mass is 467 g/mol. The molecule has 0 radical (unpaired) electrons. The highest BCUT2D eigenvalue weighted by Crippen LogP contribution is 2.03. The number of amides is 4. The highest BCUT2D eigenvalue weighted by atomic mass is 32.1. The maximum Gasteiger partial charge on any atom is 0.326 e. The lowest BCUT2D eigenvalue weighted by Gasteiger charge is -2.22. The Kier molecular flexibility index (Phi) is 11.2. The summed E-state index contributed by atoms with van der Waals surface area (Å²) in [6.45, 7) is 1.35. The minimum absolute atomic E-state index is 0.0552. The molecule has 0 aliphatic heterocycles. The van der Waals surface area contributed by atoms with Crippen LogP contribution in [0, 0.1) is 0 Å². The van der Waals surface area contributed by atoms with Gasteiger partial charge in [-0.1, -0.05) is 30.3 Å². The summed E-state index contributed by atoms with van der Waals surface area (Å²) in [6, 6.07) is 4.71. The summed E-state index contributed by atoms with van der Waals surface area (Å²) < 4.78 is 0. The molecule has 32 heavy (non-hydrogen) atoms. The molecular weight excluding hydrogens is 438 g/mol. The fourth-order valence-electron chi connectivity index (χ4n) is 2.65. The standard InChI is InChI=1S/C20H29N5O6S/c1-11(17(27)24-14(20(30)31)7-8-16(22)26)23-19(29)15(10-32)25-18(28)13(21)9-12-5-3-2-4-6-12/h2-6,11,13-15,32H,7-10,21H2,1H3,(H2,22,26)(H,23,29)(H,24,27)(H,25,28)(H,30,31). The van der Waals surface area contributed by atoms with E-state index in [4.69, 9.17) is 16.6 Å². The van der Waals surface area contributed by atoms with Gasteiger partial charge in [0.2, 0.25) is 23.6 Å². The molecule has 12 heteroatoms. The van der Waals surface area contributed by atoms with Gasteiger partial charge in [0.05, 0.1) is 6.04 Å². The number of benzene rings is 1. The Bertz CT molecular complexity index is 822. The van der Waals surface area contributed by atoms with Crippen molar-refractivity contribution in [1.29, 1.82) is 0 Å². The Labute approximate surface area is 191 Å². The second-order valence-electron chi connectivity index (χ2n) is 7.17. The van der Waals surface area contributed by atoms with Crippen molar-refractivity contribution < 1.29 is 29.1 Å². The highest BCUT2D eigenvalue weighted by Gasteiger charge is 2.27. The Morgan fingerprint density at radius 3 is 2.09 bits per heavy atom. The van der Waals surface area contributed by atoms with Gasteiger partial charge in [-0.25, -0.2) is 4.79 Å². The quantitative estimate of drug-likeness (QED) is 0.168. The zero-order valence-corrected chi connectivity index (χ0v) is 18.5. The number of carbonyl (C=O) groups is 5. The van der Waals surface area contributed by atoms with Gasteiger partial charge in [-0.3, -0.25) is 19.2 Å². The van der Waals surface area contributed by atoms with Crippen molar-refractivity contribution in [1.82, 2.24) is 16.0 Å². The third-order valence-corrected chi connectivity index (χ3v) is 4.86. The van der Waals surface area contributed by atoms with Crippen molar-refractivity contribution in [2.45, 2.75) is 50.4 Å². The first-order chi connectivity index (χ1) is 15.0. The topological polar surface area (TPSA) is 194 Å². The minimum atomic E-state index is -1.34. The van der Waals surface area contributed by atoms with Crippen LogP contribution in [0.3, 0.4) is 0 Å². The van der Waals surface area contributed by atoms with Crippen LogP contribution in [0.1, 0.15) is 25.3 Å². The minimum Gasteiger partial charge on any atom is -0.480 e. The van der Waals surface area contributed by atoms with Crippen LogP contribution < -0.4 is 27.4 Å². The van der Waals surface area contributed by atoms with E-state index in [1.54, 1.807) is 0 Å². The van der Waals surface area contributed by atoms with Gasteiger partial charge in [0, 0.05) is 12.2 Å². The maximum absolute atomic E-state index is 12.5. The van der Waals surface area contributed by atoms with Gasteiger partial charge < -0.3 is 32.5 Å². The lowest BCUT2D eigenvalue weighted by molar-refractivity contribution is -0.142. The molecule has 0 bridgehead atoms. The van der Waals surface area contributed by atoms with Crippen LogP contribution in [0.5, 0.6) is 0 Å². The van der Waals surface area contributed by atoms with Crippen LogP contribution in [0.25, 0.3) is 0 Å². The number of carbonyl (C=O) groups excluding carboxylic acids is 4. The number of thiol groups is 1. The predicted octanol–water partition coefficient (Wildman–Crippen LogP) is -1.69. The number of nitrogens with one attached hydrogen (secondary N) is 3. The maximum atomic E-state index is 12.5. The van der Waals surface area contributed by atoms with E-state index in [1.807, 2.05) is 30.3 Å². The van der Waals surface area contributed by atoms with Gasteiger partial charge in [0.25, 0.3) is 0 Å². The first kappa shape index (κ1) is 26.9. The molecule has 0 saturated carbocycles. The third-order valence-electron chi connectivity index (χ3n) is 4.50. The molecule has 11 nitrogen and oxygen atoms in total. The van der Waals surface area contributed by atoms with Crippen LogP contribution in [0.15, 0.2) is 30.3 Å². The van der Waals surface area contributed by atoms with Crippen molar-refractivity contribution >= 4 is 42.2 Å². The van der Waals surface area contributed by atoms with Gasteiger partial charge >= 0.3 is 5.97 Å². The van der Waals surface area contributed by atoms with E-state index >= 15 is 0 Å². The van der Waals surface area contributed by atoms with Crippen molar-refractivity contribution in [2.75, 3.05) is 5.75 Å². The molecule has 0 fully saturated rings. The van der Waals surface area contributed by atoms with Gasteiger partial charge in [-0.2, -0.15) is 12.6 Å². The summed E-state index contributed by atoms with van der Waals surface area (Å²) >= 11 is 4.06. The molecule has 0 aliphatic rings. The Balaban J connectivity index is 2.62. The number of carboxylic acids is 1. The van der Waals surface area contributed by atoms with Gasteiger partial charge in [-0.05, 0) is 25.3 Å². The van der Waals surface area contributed by atoms with Crippen LogP contribution in [0.4, 0.5) is 0 Å². The zero-order valence-electron chi connectivity index (χ0n) is 17.6. The van der Waals surface area contributed by atoms with E-state index < -0.39 is 53.8 Å². The van der Waals surface area contributed by atoms with E-state index in [0.717, 1.165) is 5.56 Å². The normalized spacial score (nSPS) is 14.3. The number of hydrogen-bond acceptors (Lipinski definition) is 7. The summed E-state index contributed by atoms with van der Waals surface area (Å²) in [5.41, 5.74) is 11.8. The molecule has 0 spiro atoms. The summed E-state index contributed by atoms with van der Waals surface area (Å²) in [4.78, 5) is 59.2. The number of aliphatic carboxylic acids is 1. The lowest BCUT2D eigenvalue weighted by Crippen LogP contribution is -2.57. The second-order valence-corrected chi connectivity index (χ2v) is 7.54. The molecule has 176 valence electrons. The molecule has 0 aliphatic carbocycles. The number of primary amides is 1. The molecule has 1 aromatic carbocycles. The van der Waals surface area contributed by atoms with Gasteiger partial charge in [0.15, 0.2) is 0 Å². The van der Waals surface area contributed by atoms with E-state index in [9.17, 15) is 24.0 Å². The number of carboxylic acid groups (broad SMARTS) is 1. The summed E-state index contributed by atoms with van der Waals surface area (Å²) in [5, 5.41) is 16.3. The molecule has 4 amide bonds. The van der Waals surface area contributed by atoms with Crippen LogP contribution in [-0.4, -0.2) is 64.6 Å². The smallest absolute Gasteiger partial charge is 0.326 e. The van der Waals surface area contributed by atoms with Gasteiger partial charge in [0.1, 0.15) is 18.1 Å². The first-order valence-electron chi connectivity index (χ1n) is 9.87. The fourth-order valence-corrected chi connectivity index (χ4v) is 2.91. The third kappa shape index (κ3) is 9.35. The number of nitrogens with two attached hydrogens (primary N) is 2. The second kappa shape index (κ2) is 13.3. The molecular formula is C20H29N5O6S. The van der Waals surface area contributed by atoms with Crippen molar-refractivity contribution in [3.63, 3.8) is 0 Å². The van der Waals surface area contributed by atoms with E-state index in [-0.39, 0.29) is 25.0 Å². The van der Waals surface area contributed by atoms with E-state index in [0.29, 0.717) is 0 Å². The van der Waals surface area contributed by atoms with Crippen LogP contribution >= 0.6 is 12.6 Å². The average Bonchev–Trinajstić information content (AvgIpc) is 2.74. The van der Waals surface area contributed by atoms with E-state index in [1.165, 1.54) is 6.92 Å². The molecule has 0 saturated heterocycles. The molecule has 4 unspecified atom stereocenters. The van der Waals surface area contributed by atoms with Crippen molar-refractivity contribution in [3.8, 4) is 0 Å². The Morgan fingerprint density at radius 2 is 1.56 bits per heavy atom. The Morgan fingerprint density at radius 1 is 0.969 bits per heavy atom. The summed E-state index contributed by atoms with van der Waals surface area (Å²) in [5.74, 6) is -4.12. The predicted molar refractivity (Wildman–Crippen MR) is 120 cm³/mol. The summed E-state index contributed by atoms with van der Waals surface area (Å²) in [7, 11) is 0. The molecule has 4 atom stereocenters. The zero-order chi connectivity index (χ0) is 24.3. The van der Waals surface area contributed by atoms with Crippen molar-refractivity contribution in [3.05, 3.63) is 35.9 Å². The largest absolute Gasteiger partial charge is 0.480 e. The fraction of sp³-hybridized carbons (Fsp3) is 0.450. The molecule has 1 aromatic rings. The lowest BCUT2D eigenvalue weighted by atomic mass is 10.1. The van der Waals surface area contributed by atoms with Crippen molar-refractivity contribution in [2.24, 2.45) is 11.5 Å². The van der Waals surface area contributed by atoms with Crippen LogP contribution in [-0.2, 0) is 30.4 Å². The van der Waals surface area contributed by atoms with Gasteiger partial charge in [-0.15, -0.1) is 0 Å². The molecule has 0 heterocycles. The SMILES string of the molecule is CC(NC(=O)C(CS)NC(=O)C(N)Cc1ccccc1)C(=O)NC(CCC(N)=O)C(=O)O. The molecule has 1 rings (SSSR count). The first-order valence-corrected chi connectivity index (χ1v) is 10.5. The summed E-state index contributed by atoms with van der Waals surface area (Å²) in [6.07, 6.45) is -0.144. The molecule has 8 N–H and O–H groups in total. The van der Waals surface area contributed by atoms with Crippen LogP contribution in [0.2, 0.25) is 0 Å². The van der Waals surface area contributed by atoms with E-state index in [2.05, 4.69) is 28.6 Å².